The van der Waals surface area contributed by atoms with E-state index in [-0.39, 0.29) is 11.6 Å². The molecule has 4 aromatic rings. The maximum absolute atomic E-state index is 13.0. The van der Waals surface area contributed by atoms with Crippen LogP contribution in [0.1, 0.15) is 49.7 Å². The van der Waals surface area contributed by atoms with Crippen LogP contribution in [0, 0.1) is 5.92 Å². The Kier molecular flexibility index (Phi) is 6.63. The van der Waals surface area contributed by atoms with Crippen molar-refractivity contribution in [1.29, 1.82) is 0 Å². The molecule has 0 aliphatic carbocycles. The third kappa shape index (κ3) is 4.84. The van der Waals surface area contributed by atoms with Gasteiger partial charge < -0.3 is 0 Å². The van der Waals surface area contributed by atoms with E-state index in [9.17, 15) is 9.59 Å². The molecule has 0 fully saturated rings. The lowest BCUT2D eigenvalue weighted by Gasteiger charge is -2.11. The van der Waals surface area contributed by atoms with Gasteiger partial charge in [0.15, 0.2) is 0 Å². The van der Waals surface area contributed by atoms with E-state index < -0.39 is 0 Å². The van der Waals surface area contributed by atoms with E-state index in [0.717, 1.165) is 40.8 Å². The average Bonchev–Trinajstić information content (AvgIpc) is 3.47. The third-order valence-corrected chi connectivity index (χ3v) is 5.73. The predicted octanol–water partition coefficient (Wildman–Crippen LogP) is 4.18. The van der Waals surface area contributed by atoms with E-state index in [0.29, 0.717) is 24.7 Å². The smallest absolute Gasteiger partial charge is 0.292 e. The predicted molar refractivity (Wildman–Crippen MR) is 127 cm³/mol. The highest BCUT2D eigenvalue weighted by Crippen LogP contribution is 2.29. The van der Waals surface area contributed by atoms with Crippen LogP contribution in [0.3, 0.4) is 0 Å². The van der Waals surface area contributed by atoms with Crippen molar-refractivity contribution in [2.24, 2.45) is 5.92 Å². The topological polar surface area (TPSA) is 98.5 Å². The number of nitrogens with one attached hydrogen (secondary N) is 1. The van der Waals surface area contributed by atoms with E-state index in [4.69, 9.17) is 0 Å². The number of rotatable bonds is 8. The molecular weight excluding hydrogens is 416 g/mol. The number of benzene rings is 2. The number of nitrogens with zero attached hydrogens (tertiary/aromatic N) is 5. The van der Waals surface area contributed by atoms with Crippen LogP contribution >= 0.6 is 0 Å². The summed E-state index contributed by atoms with van der Waals surface area (Å²) >= 11 is 0. The molecule has 0 saturated carbocycles. The summed E-state index contributed by atoms with van der Waals surface area (Å²) in [4.78, 5) is 25.2. The molecule has 0 amide bonds. The summed E-state index contributed by atoms with van der Waals surface area (Å²) in [5.41, 5.74) is 4.52. The fraction of sp³-hybridized carbons (Fsp3) is 0.320. The summed E-state index contributed by atoms with van der Waals surface area (Å²) in [6, 6.07) is 16.0. The highest BCUT2D eigenvalue weighted by Gasteiger charge is 2.16. The number of H-pyrrole nitrogens is 1. The van der Waals surface area contributed by atoms with E-state index in [2.05, 4.69) is 34.5 Å². The summed E-state index contributed by atoms with van der Waals surface area (Å²) in [5, 5.41) is 14.4. The molecular formula is C25H28N6O2. The first-order chi connectivity index (χ1) is 16.0. The molecule has 0 atom stereocenters. The molecule has 0 saturated heterocycles. The lowest BCUT2D eigenvalue weighted by atomic mass is 9.98. The minimum atomic E-state index is -0.271. The van der Waals surface area contributed by atoms with Gasteiger partial charge in [-0.05, 0) is 40.7 Å². The van der Waals surface area contributed by atoms with Gasteiger partial charge in [-0.1, -0.05) is 69.3 Å². The average molecular weight is 445 g/mol. The van der Waals surface area contributed by atoms with Gasteiger partial charge in [-0.3, -0.25) is 9.36 Å². The number of aryl methyl sites for hydroxylation is 1. The second-order valence-electron chi connectivity index (χ2n) is 8.52. The van der Waals surface area contributed by atoms with Crippen LogP contribution in [-0.2, 0) is 13.0 Å². The summed E-state index contributed by atoms with van der Waals surface area (Å²) in [6.07, 6.45) is 3.72. The quantitative estimate of drug-likeness (QED) is 0.439. The van der Waals surface area contributed by atoms with E-state index in [1.807, 2.05) is 48.5 Å². The van der Waals surface area contributed by atoms with Crippen LogP contribution in [0.15, 0.2) is 59.5 Å². The number of hydrogen-bond acceptors (Lipinski definition) is 5. The number of tetrazole rings is 1. The molecule has 33 heavy (non-hydrogen) atoms. The molecule has 0 unspecified atom stereocenters. The van der Waals surface area contributed by atoms with Crippen molar-refractivity contribution in [2.45, 2.75) is 46.6 Å². The zero-order chi connectivity index (χ0) is 23.4. The summed E-state index contributed by atoms with van der Waals surface area (Å²) in [7, 11) is 0. The molecule has 0 aliphatic heterocycles. The fourth-order valence-electron chi connectivity index (χ4n) is 3.86. The molecule has 0 spiro atoms. The largest absolute Gasteiger partial charge is 0.335 e. The van der Waals surface area contributed by atoms with Crippen molar-refractivity contribution in [1.82, 2.24) is 29.8 Å². The number of aromatic amines is 1. The molecule has 2 aromatic carbocycles. The molecule has 2 heterocycles. The lowest BCUT2D eigenvalue weighted by Crippen LogP contribution is -2.29. The first-order valence-electron chi connectivity index (χ1n) is 11.2. The van der Waals surface area contributed by atoms with Gasteiger partial charge in [0.2, 0.25) is 11.7 Å². The Morgan fingerprint density at radius 3 is 2.42 bits per heavy atom. The van der Waals surface area contributed by atoms with Gasteiger partial charge in [-0.25, -0.2) is 9.36 Å². The van der Waals surface area contributed by atoms with Crippen LogP contribution in [0.4, 0.5) is 0 Å². The molecule has 170 valence electrons. The number of hydrogen-bond donors (Lipinski definition) is 1. The Balaban J connectivity index is 1.63. The van der Waals surface area contributed by atoms with Gasteiger partial charge in [0.25, 0.3) is 0 Å². The molecule has 8 nitrogen and oxygen atoms in total. The number of imidazole rings is 1. The molecule has 8 heteroatoms. The van der Waals surface area contributed by atoms with Crippen molar-refractivity contribution in [2.75, 3.05) is 0 Å². The molecule has 1 N–H and O–H groups in total. The number of aromatic nitrogens is 6. The maximum atomic E-state index is 13.0. The summed E-state index contributed by atoms with van der Waals surface area (Å²) < 4.78 is 2.98. The Morgan fingerprint density at radius 1 is 1.06 bits per heavy atom. The van der Waals surface area contributed by atoms with Crippen LogP contribution in [-0.4, -0.2) is 35.7 Å². The molecule has 0 radical (unpaired) electrons. The van der Waals surface area contributed by atoms with Crippen LogP contribution < -0.4 is 5.69 Å². The molecule has 2 aromatic heterocycles. The van der Waals surface area contributed by atoms with E-state index in [1.165, 1.54) is 4.57 Å². The SMILES string of the molecule is CCC(=O)n1cc(CCC(C)C)n(Cc2ccc(-c3ccccc3-c3nn[nH]n3)cc2)c1=O. The molecule has 0 bridgehead atoms. The number of carbonyl (C=O) groups is 1. The second kappa shape index (κ2) is 9.77. The summed E-state index contributed by atoms with van der Waals surface area (Å²) in [6.45, 7) is 6.50. The van der Waals surface area contributed by atoms with Crippen molar-refractivity contribution in [3.63, 3.8) is 0 Å². The van der Waals surface area contributed by atoms with Crippen molar-refractivity contribution in [3.05, 3.63) is 76.5 Å². The van der Waals surface area contributed by atoms with Gasteiger partial charge in [0.05, 0.1) is 6.54 Å². The Morgan fingerprint density at radius 2 is 1.79 bits per heavy atom. The van der Waals surface area contributed by atoms with E-state index >= 15 is 0 Å². The van der Waals surface area contributed by atoms with Gasteiger partial charge in [0, 0.05) is 23.9 Å². The maximum Gasteiger partial charge on any atom is 0.335 e. The van der Waals surface area contributed by atoms with Crippen molar-refractivity contribution >= 4 is 5.91 Å². The van der Waals surface area contributed by atoms with Gasteiger partial charge in [-0.15, -0.1) is 10.2 Å². The molecule has 0 aliphatic rings. The Hall–Kier alpha value is -3.81. The fourth-order valence-corrected chi connectivity index (χ4v) is 3.86. The van der Waals surface area contributed by atoms with Crippen LogP contribution in [0.25, 0.3) is 22.5 Å². The van der Waals surface area contributed by atoms with E-state index in [1.54, 1.807) is 17.7 Å². The zero-order valence-corrected chi connectivity index (χ0v) is 19.2. The first kappa shape index (κ1) is 22.4. The third-order valence-electron chi connectivity index (χ3n) is 5.73. The standard InChI is InChI=1S/C25H28N6O2/c1-4-23(32)31-16-20(14-9-17(2)3)30(25(31)33)15-18-10-12-19(13-11-18)21-7-5-6-8-22(21)24-26-28-29-27-24/h5-8,10-13,16-17H,4,9,14-15H2,1-3H3,(H,26,27,28,29). The highest BCUT2D eigenvalue weighted by molar-refractivity contribution is 5.80. The van der Waals surface area contributed by atoms with Crippen LogP contribution in [0.2, 0.25) is 0 Å². The normalized spacial score (nSPS) is 11.3. The minimum absolute atomic E-state index is 0.182. The minimum Gasteiger partial charge on any atom is -0.292 e. The summed E-state index contributed by atoms with van der Waals surface area (Å²) in [5.74, 6) is 0.869. The Bertz CT molecular complexity index is 1280. The highest BCUT2D eigenvalue weighted by atomic mass is 16.2. The first-order valence-corrected chi connectivity index (χ1v) is 11.2. The van der Waals surface area contributed by atoms with Crippen molar-refractivity contribution in [3.8, 4) is 22.5 Å². The van der Waals surface area contributed by atoms with Gasteiger partial charge in [-0.2, -0.15) is 5.21 Å². The molecule has 4 rings (SSSR count). The second-order valence-corrected chi connectivity index (χ2v) is 8.52. The van der Waals surface area contributed by atoms with Gasteiger partial charge >= 0.3 is 5.69 Å². The van der Waals surface area contributed by atoms with Gasteiger partial charge in [0.1, 0.15) is 0 Å². The van der Waals surface area contributed by atoms with Crippen LogP contribution in [0.5, 0.6) is 0 Å². The Labute approximate surface area is 192 Å². The lowest BCUT2D eigenvalue weighted by molar-refractivity contribution is 0.0904. The monoisotopic (exact) mass is 444 g/mol. The number of carbonyl (C=O) groups excluding carboxylic acids is 1. The zero-order valence-electron chi connectivity index (χ0n) is 19.2. The van der Waals surface area contributed by atoms with Crippen molar-refractivity contribution < 1.29 is 4.79 Å².